The van der Waals surface area contributed by atoms with Crippen molar-refractivity contribution in [1.82, 2.24) is 4.57 Å². The lowest BCUT2D eigenvalue weighted by Crippen LogP contribution is -2.10. The van der Waals surface area contributed by atoms with Gasteiger partial charge in [0.1, 0.15) is 11.2 Å². The summed E-state index contributed by atoms with van der Waals surface area (Å²) >= 11 is 1.84. The Morgan fingerprint density at radius 3 is 2.10 bits per heavy atom. The lowest BCUT2D eigenvalue weighted by molar-refractivity contribution is 0.669. The maximum atomic E-state index is 6.37. The summed E-state index contributed by atoms with van der Waals surface area (Å²) in [7, 11) is 0. The molecular formula is C46H26N2OS. The van der Waals surface area contributed by atoms with Crippen molar-refractivity contribution < 1.29 is 4.42 Å². The minimum absolute atomic E-state index is 0.876. The van der Waals surface area contributed by atoms with Crippen molar-refractivity contribution in [1.29, 1.82) is 0 Å². The number of anilines is 3. The summed E-state index contributed by atoms with van der Waals surface area (Å²) in [5.74, 6) is 0. The van der Waals surface area contributed by atoms with E-state index in [1.54, 1.807) is 0 Å². The second-order valence-corrected chi connectivity index (χ2v) is 13.9. The predicted molar refractivity (Wildman–Crippen MR) is 211 cm³/mol. The molecule has 0 aliphatic rings. The first-order valence-corrected chi connectivity index (χ1v) is 17.6. The fourth-order valence-electron chi connectivity index (χ4n) is 7.80. The van der Waals surface area contributed by atoms with Crippen molar-refractivity contribution in [3.8, 4) is 5.69 Å². The summed E-state index contributed by atoms with van der Waals surface area (Å²) in [5, 5.41) is 9.57. The van der Waals surface area contributed by atoms with Crippen molar-refractivity contribution in [3.05, 3.63) is 170 Å². The molecule has 0 saturated carbocycles. The Bertz CT molecular complexity index is 2990. The second-order valence-electron chi connectivity index (χ2n) is 12.8. The number of fused-ring (bicyclic) bond motifs is 11. The number of aromatic nitrogens is 1. The quantitative estimate of drug-likeness (QED) is 0.188. The monoisotopic (exact) mass is 654 g/mol. The van der Waals surface area contributed by atoms with Crippen molar-refractivity contribution in [2.75, 3.05) is 4.90 Å². The van der Waals surface area contributed by atoms with Gasteiger partial charge in [-0.25, -0.2) is 0 Å². The smallest absolute Gasteiger partial charge is 0.137 e. The molecule has 0 aliphatic heterocycles. The van der Waals surface area contributed by atoms with E-state index in [0.29, 0.717) is 0 Å². The average molecular weight is 655 g/mol. The summed E-state index contributed by atoms with van der Waals surface area (Å²) in [5.41, 5.74) is 8.45. The molecule has 8 aromatic carbocycles. The first-order chi connectivity index (χ1) is 24.8. The molecule has 3 aromatic heterocycles. The Hall–Kier alpha value is -6.54. The van der Waals surface area contributed by atoms with Crippen LogP contribution >= 0.6 is 11.3 Å². The number of rotatable bonds is 4. The predicted octanol–water partition coefficient (Wildman–Crippen LogP) is 13.3. The van der Waals surface area contributed by atoms with Crippen LogP contribution in [0.25, 0.3) is 80.4 Å². The van der Waals surface area contributed by atoms with Gasteiger partial charge in [-0.05, 0) is 91.0 Å². The van der Waals surface area contributed by atoms with Crippen molar-refractivity contribution in [3.63, 3.8) is 0 Å². The van der Waals surface area contributed by atoms with Crippen LogP contribution in [-0.4, -0.2) is 4.57 Å². The maximum absolute atomic E-state index is 6.37. The molecule has 0 aliphatic carbocycles. The fourth-order valence-corrected chi connectivity index (χ4v) is 8.94. The van der Waals surface area contributed by atoms with Gasteiger partial charge in [0.25, 0.3) is 0 Å². The van der Waals surface area contributed by atoms with Crippen LogP contribution in [0.5, 0.6) is 0 Å². The molecule has 0 radical (unpaired) electrons. The molecule has 0 N–H and O–H groups in total. The molecular weight excluding hydrogens is 629 g/mol. The summed E-state index contributed by atoms with van der Waals surface area (Å²) < 4.78 is 11.3. The molecule has 50 heavy (non-hydrogen) atoms. The third kappa shape index (κ3) is 3.99. The van der Waals surface area contributed by atoms with Gasteiger partial charge in [-0.2, -0.15) is 0 Å². The minimum atomic E-state index is 0.876. The zero-order valence-electron chi connectivity index (χ0n) is 26.7. The van der Waals surface area contributed by atoms with Gasteiger partial charge in [0, 0.05) is 81.3 Å². The molecule has 0 bridgehead atoms. The summed E-state index contributed by atoms with van der Waals surface area (Å²) in [6, 6.07) is 62.8. The average Bonchev–Trinajstić information content (AvgIpc) is 3.84. The van der Waals surface area contributed by atoms with Crippen LogP contribution in [0.1, 0.15) is 0 Å². The molecule has 0 fully saturated rings. The highest BCUT2D eigenvalue weighted by atomic mass is 32.1. The molecule has 3 nitrogen and oxygen atoms in total. The molecule has 0 atom stereocenters. The molecule has 3 heterocycles. The van der Waals surface area contributed by atoms with Gasteiger partial charge in [0.2, 0.25) is 0 Å². The molecule has 11 rings (SSSR count). The van der Waals surface area contributed by atoms with Gasteiger partial charge in [-0.15, -0.1) is 11.3 Å². The lowest BCUT2D eigenvalue weighted by atomic mass is 10.1. The van der Waals surface area contributed by atoms with Crippen molar-refractivity contribution >= 4 is 103 Å². The van der Waals surface area contributed by atoms with Crippen LogP contribution in [0.2, 0.25) is 0 Å². The van der Waals surface area contributed by atoms with Crippen LogP contribution in [0.15, 0.2) is 162 Å². The number of nitrogens with zero attached hydrogens (tertiary/aromatic N) is 2. The summed E-state index contributed by atoms with van der Waals surface area (Å²) in [4.78, 5) is 2.34. The first-order valence-electron chi connectivity index (χ1n) is 16.8. The molecule has 4 heteroatoms. The molecule has 11 aromatic rings. The maximum Gasteiger partial charge on any atom is 0.137 e. The number of furan rings is 1. The number of para-hydroxylation sites is 2. The van der Waals surface area contributed by atoms with Crippen LogP contribution in [-0.2, 0) is 0 Å². The molecule has 0 saturated heterocycles. The van der Waals surface area contributed by atoms with Crippen molar-refractivity contribution in [2.24, 2.45) is 0 Å². The van der Waals surface area contributed by atoms with Crippen LogP contribution in [0.4, 0.5) is 17.1 Å². The summed E-state index contributed by atoms with van der Waals surface area (Å²) in [6.07, 6.45) is 0. The highest BCUT2D eigenvalue weighted by Gasteiger charge is 2.19. The number of benzene rings is 7. The third-order valence-electron chi connectivity index (χ3n) is 10.0. The minimum Gasteiger partial charge on any atom is -0.456 e. The molecule has 0 spiro atoms. The standard InChI is InChI=1S/C46H26N2OS/c1-2-10-34-29(9-1)17-26-41-46(34)39-13-3-6-14-40(39)48(41)31-20-18-30(19-21-31)47(32-22-24-36-35-11-4-7-15-42(35)49-43(36)27-32)33-23-25-38-37-12-5-8-16-44(37)50-45(38)28-33/h2-8,10-28H. The van der Waals surface area contributed by atoms with Crippen LogP contribution < -0.4 is 4.90 Å². The summed E-state index contributed by atoms with van der Waals surface area (Å²) in [6.45, 7) is 0. The zero-order valence-corrected chi connectivity index (χ0v) is 27.5. The van der Waals surface area contributed by atoms with Gasteiger partial charge in [-0.1, -0.05) is 72.8 Å². The Kier molecular flexibility index (Phi) is 5.75. The van der Waals surface area contributed by atoms with E-state index >= 15 is 0 Å². The third-order valence-corrected chi connectivity index (χ3v) is 11.2. The van der Waals surface area contributed by atoms with E-state index in [1.165, 1.54) is 47.4 Å². The van der Waals surface area contributed by atoms with Gasteiger partial charge in [-0.3, -0.25) is 0 Å². The van der Waals surface area contributed by atoms with E-state index in [1.807, 2.05) is 29.5 Å². The van der Waals surface area contributed by atoms with E-state index in [0.717, 1.165) is 50.1 Å². The largest absolute Gasteiger partial charge is 0.456 e. The highest BCUT2D eigenvalue weighted by molar-refractivity contribution is 7.25. The molecule has 0 amide bonds. The Labute approximate surface area is 291 Å². The van der Waals surface area contributed by atoms with E-state index in [2.05, 4.69) is 161 Å². The fraction of sp³-hybridized carbons (Fsp3) is 0. The van der Waals surface area contributed by atoms with Crippen LogP contribution in [0, 0.1) is 12.1 Å². The Morgan fingerprint density at radius 1 is 0.500 bits per heavy atom. The zero-order chi connectivity index (χ0) is 32.8. The normalized spacial score (nSPS) is 11.8. The van der Waals surface area contributed by atoms with Gasteiger partial charge in [0.15, 0.2) is 0 Å². The van der Waals surface area contributed by atoms with Gasteiger partial charge >= 0.3 is 0 Å². The number of hydrogen-bond donors (Lipinski definition) is 0. The number of thiophene rings is 1. The van der Waals surface area contributed by atoms with Gasteiger partial charge in [0.05, 0.1) is 11.0 Å². The first kappa shape index (κ1) is 27.4. The van der Waals surface area contributed by atoms with Gasteiger partial charge < -0.3 is 13.9 Å². The SMILES string of the molecule is c1ccc2c(c#1)ccc1c2c2ccccc2n1-c1ccc(N(c2ccc3c(c2)oc2ccccc23)c2ccc3c(c2)sc2ccccc23)cc1. The van der Waals surface area contributed by atoms with E-state index in [9.17, 15) is 0 Å². The van der Waals surface area contributed by atoms with Crippen LogP contribution in [0.3, 0.4) is 0 Å². The lowest BCUT2D eigenvalue weighted by Gasteiger charge is -2.26. The topological polar surface area (TPSA) is 21.3 Å². The molecule has 232 valence electrons. The van der Waals surface area contributed by atoms with E-state index in [-0.39, 0.29) is 0 Å². The van der Waals surface area contributed by atoms with E-state index < -0.39 is 0 Å². The number of hydrogen-bond acceptors (Lipinski definition) is 3. The highest BCUT2D eigenvalue weighted by Crippen LogP contribution is 2.43. The second kappa shape index (κ2) is 10.5. The van der Waals surface area contributed by atoms with E-state index in [4.69, 9.17) is 4.42 Å². The van der Waals surface area contributed by atoms with Crippen molar-refractivity contribution in [2.45, 2.75) is 0 Å². The Balaban J connectivity index is 1.10. The molecule has 0 unspecified atom stereocenters. The Morgan fingerprint density at radius 2 is 1.20 bits per heavy atom.